The van der Waals surface area contributed by atoms with Gasteiger partial charge in [0, 0.05) is 12.1 Å². The largest absolute Gasteiger partial charge is 0.351 e. The molecule has 1 heterocycles. The quantitative estimate of drug-likeness (QED) is 0.482. The second-order valence-electron chi connectivity index (χ2n) is 4.56. The van der Waals surface area contributed by atoms with E-state index in [0.29, 0.717) is 0 Å². The van der Waals surface area contributed by atoms with Gasteiger partial charge in [-0.25, -0.2) is 10.2 Å². The van der Waals surface area contributed by atoms with Gasteiger partial charge in [-0.2, -0.15) is 0 Å². The lowest BCUT2D eigenvalue weighted by atomic mass is 10.3. The van der Waals surface area contributed by atoms with Gasteiger partial charge in [-0.15, -0.1) is 0 Å². The number of aromatic nitrogens is 1. The van der Waals surface area contributed by atoms with E-state index in [1.54, 1.807) is 0 Å². The monoisotopic (exact) mass is 281 g/mol. The van der Waals surface area contributed by atoms with Gasteiger partial charge in [0.25, 0.3) is 11.6 Å². The van der Waals surface area contributed by atoms with Crippen LogP contribution < -0.4 is 16.2 Å². The number of hydrogen-bond donors (Lipinski definition) is 4. The van der Waals surface area contributed by atoms with Crippen molar-refractivity contribution in [2.24, 2.45) is 0 Å². The van der Waals surface area contributed by atoms with Crippen molar-refractivity contribution in [2.45, 2.75) is 31.7 Å². The minimum atomic E-state index is -0.653. The summed E-state index contributed by atoms with van der Waals surface area (Å²) in [4.78, 5) is 35.4. The summed E-state index contributed by atoms with van der Waals surface area (Å²) < 4.78 is 0. The lowest BCUT2D eigenvalue weighted by molar-refractivity contribution is -0.384. The van der Waals surface area contributed by atoms with Gasteiger partial charge in [-0.1, -0.05) is 12.8 Å². The fraction of sp³-hybridized carbons (Fsp3) is 0.455. The summed E-state index contributed by atoms with van der Waals surface area (Å²) in [5.74, 6) is -0.653. The van der Waals surface area contributed by atoms with Crippen LogP contribution in [0, 0.1) is 10.1 Å². The average Bonchev–Trinajstić information content (AvgIpc) is 3.06. The Morgan fingerprint density at radius 2 is 2.00 bits per heavy atom. The number of amides is 3. The first-order valence-electron chi connectivity index (χ1n) is 6.26. The van der Waals surface area contributed by atoms with Gasteiger partial charge in [-0.05, 0) is 12.8 Å². The summed E-state index contributed by atoms with van der Waals surface area (Å²) in [6.45, 7) is 0. The first kappa shape index (κ1) is 13.8. The highest BCUT2D eigenvalue weighted by Gasteiger charge is 2.18. The molecule has 1 aliphatic carbocycles. The van der Waals surface area contributed by atoms with Crippen molar-refractivity contribution < 1.29 is 14.5 Å². The van der Waals surface area contributed by atoms with Crippen LogP contribution in [0.1, 0.15) is 36.2 Å². The maximum absolute atomic E-state index is 11.6. The van der Waals surface area contributed by atoms with Crippen LogP contribution in [0.4, 0.5) is 10.5 Å². The second-order valence-corrected chi connectivity index (χ2v) is 4.56. The molecular weight excluding hydrogens is 266 g/mol. The number of nitro groups is 1. The summed E-state index contributed by atoms with van der Waals surface area (Å²) >= 11 is 0. The molecule has 1 fully saturated rings. The molecule has 1 saturated carbocycles. The van der Waals surface area contributed by atoms with Crippen molar-refractivity contribution >= 4 is 17.6 Å². The number of hydrogen-bond acceptors (Lipinski definition) is 4. The van der Waals surface area contributed by atoms with Crippen LogP contribution in [-0.2, 0) is 0 Å². The number of aromatic amines is 1. The van der Waals surface area contributed by atoms with Gasteiger partial charge in [0.15, 0.2) is 0 Å². The van der Waals surface area contributed by atoms with E-state index >= 15 is 0 Å². The fourth-order valence-corrected chi connectivity index (χ4v) is 2.09. The van der Waals surface area contributed by atoms with Crippen molar-refractivity contribution in [3.8, 4) is 0 Å². The fourth-order valence-electron chi connectivity index (χ4n) is 2.09. The molecule has 4 N–H and O–H groups in total. The normalized spacial score (nSPS) is 14.8. The molecule has 2 rings (SSSR count). The minimum absolute atomic E-state index is 0.00198. The Labute approximate surface area is 114 Å². The Hall–Kier alpha value is -2.58. The van der Waals surface area contributed by atoms with Gasteiger partial charge in [-0.3, -0.25) is 20.3 Å². The van der Waals surface area contributed by atoms with Crippen LogP contribution in [0.15, 0.2) is 12.3 Å². The first-order chi connectivity index (χ1) is 9.56. The van der Waals surface area contributed by atoms with Crippen LogP contribution in [-0.4, -0.2) is 27.9 Å². The van der Waals surface area contributed by atoms with Crippen LogP contribution in [0.3, 0.4) is 0 Å². The third-order valence-corrected chi connectivity index (χ3v) is 3.10. The molecule has 0 bridgehead atoms. The van der Waals surface area contributed by atoms with Crippen molar-refractivity contribution in [3.63, 3.8) is 0 Å². The highest BCUT2D eigenvalue weighted by molar-refractivity contribution is 5.94. The number of nitrogens with one attached hydrogen (secondary N) is 4. The van der Waals surface area contributed by atoms with E-state index in [-0.39, 0.29) is 17.4 Å². The van der Waals surface area contributed by atoms with E-state index in [2.05, 4.69) is 21.2 Å². The van der Waals surface area contributed by atoms with Crippen LogP contribution in [0.25, 0.3) is 0 Å². The van der Waals surface area contributed by atoms with E-state index in [1.807, 2.05) is 0 Å². The highest BCUT2D eigenvalue weighted by atomic mass is 16.6. The lowest BCUT2D eigenvalue weighted by Gasteiger charge is -2.13. The minimum Gasteiger partial charge on any atom is -0.351 e. The maximum Gasteiger partial charge on any atom is 0.333 e. The molecule has 9 nitrogen and oxygen atoms in total. The SMILES string of the molecule is O=C(NNC(=O)c1cc([N+](=O)[O-])c[nH]1)NC1CCCC1. The van der Waals surface area contributed by atoms with Gasteiger partial charge in [0.2, 0.25) is 0 Å². The van der Waals surface area contributed by atoms with Gasteiger partial charge in [0.1, 0.15) is 5.69 Å². The Balaban J connectivity index is 1.78. The van der Waals surface area contributed by atoms with Crippen LogP contribution >= 0.6 is 0 Å². The molecule has 108 valence electrons. The molecule has 0 aliphatic heterocycles. The number of carbonyl (C=O) groups excluding carboxylic acids is 2. The van der Waals surface area contributed by atoms with E-state index in [0.717, 1.165) is 37.9 Å². The highest BCUT2D eigenvalue weighted by Crippen LogP contribution is 2.17. The molecule has 0 atom stereocenters. The summed E-state index contributed by atoms with van der Waals surface area (Å²) in [6, 6.07) is 0.732. The smallest absolute Gasteiger partial charge is 0.333 e. The zero-order valence-corrected chi connectivity index (χ0v) is 10.6. The standard InChI is InChI=1S/C11H15N5O4/c17-10(9-5-8(6-12-9)16(19)20)14-15-11(18)13-7-3-1-2-4-7/h5-7,12H,1-4H2,(H,14,17)(H2,13,15,18). The predicted octanol–water partition coefficient (Wildman–Crippen LogP) is 0.809. The number of nitrogens with zero attached hydrogens (tertiary/aromatic N) is 1. The molecule has 1 aromatic rings. The zero-order valence-electron chi connectivity index (χ0n) is 10.6. The number of rotatable bonds is 3. The summed E-state index contributed by atoms with van der Waals surface area (Å²) in [5, 5.41) is 13.2. The molecule has 0 spiro atoms. The average molecular weight is 281 g/mol. The van der Waals surface area contributed by atoms with E-state index in [1.165, 1.54) is 0 Å². The third kappa shape index (κ3) is 3.46. The topological polar surface area (TPSA) is 129 Å². The molecule has 3 amide bonds. The number of urea groups is 1. The molecule has 0 aromatic carbocycles. The van der Waals surface area contributed by atoms with Gasteiger partial charge < -0.3 is 10.3 Å². The Bertz CT molecular complexity index is 521. The Morgan fingerprint density at radius 1 is 1.30 bits per heavy atom. The molecule has 1 aliphatic rings. The second kappa shape index (κ2) is 6.04. The molecule has 1 aromatic heterocycles. The summed E-state index contributed by atoms with van der Waals surface area (Å²) in [7, 11) is 0. The number of H-pyrrole nitrogens is 1. The van der Waals surface area contributed by atoms with Crippen molar-refractivity contribution in [2.75, 3.05) is 0 Å². The molecular formula is C11H15N5O4. The number of hydrazine groups is 1. The maximum atomic E-state index is 11.6. The lowest BCUT2D eigenvalue weighted by Crippen LogP contribution is -2.49. The van der Waals surface area contributed by atoms with E-state index in [4.69, 9.17) is 0 Å². The number of carbonyl (C=O) groups is 2. The van der Waals surface area contributed by atoms with E-state index in [9.17, 15) is 19.7 Å². The molecule has 0 radical (unpaired) electrons. The third-order valence-electron chi connectivity index (χ3n) is 3.10. The zero-order chi connectivity index (χ0) is 14.5. The van der Waals surface area contributed by atoms with Crippen molar-refractivity contribution in [1.82, 2.24) is 21.2 Å². The Kier molecular flexibility index (Phi) is 4.18. The summed E-state index contributed by atoms with van der Waals surface area (Å²) in [5.41, 5.74) is 4.16. The molecule has 20 heavy (non-hydrogen) atoms. The van der Waals surface area contributed by atoms with Gasteiger partial charge >= 0.3 is 6.03 Å². The predicted molar refractivity (Wildman–Crippen MR) is 68.8 cm³/mol. The van der Waals surface area contributed by atoms with Crippen LogP contribution in [0.2, 0.25) is 0 Å². The molecule has 0 unspecified atom stereocenters. The summed E-state index contributed by atoms with van der Waals surface area (Å²) in [6.07, 6.45) is 5.15. The Morgan fingerprint density at radius 3 is 2.60 bits per heavy atom. The first-order valence-corrected chi connectivity index (χ1v) is 6.26. The molecule has 9 heteroatoms. The molecule has 0 saturated heterocycles. The van der Waals surface area contributed by atoms with Crippen LogP contribution in [0.5, 0.6) is 0 Å². The van der Waals surface area contributed by atoms with Gasteiger partial charge in [0.05, 0.1) is 11.1 Å². The van der Waals surface area contributed by atoms with Crippen molar-refractivity contribution in [3.05, 3.63) is 28.1 Å². The van der Waals surface area contributed by atoms with E-state index < -0.39 is 16.9 Å². The van der Waals surface area contributed by atoms with Crippen molar-refractivity contribution in [1.29, 1.82) is 0 Å².